The Hall–Kier alpha value is -1.79. The number of ether oxygens (including phenoxy) is 2. The molecule has 0 bridgehead atoms. The molecule has 1 fully saturated rings. The molecule has 2 N–H and O–H groups in total. The molecule has 1 aliphatic heterocycles. The lowest BCUT2D eigenvalue weighted by molar-refractivity contribution is -0.145. The van der Waals surface area contributed by atoms with E-state index >= 15 is 0 Å². The van der Waals surface area contributed by atoms with Crippen molar-refractivity contribution in [2.75, 3.05) is 25.5 Å². The largest absolute Gasteiger partial charge is 0.495 e. The van der Waals surface area contributed by atoms with Gasteiger partial charge in [0.25, 0.3) is 6.41 Å². The molecule has 1 amide bonds. The smallest absolute Gasteiger partial charge is 0.415 e. The number of carbonyl (C=O) groups excluding carboxylic acids is 1. The van der Waals surface area contributed by atoms with Gasteiger partial charge in [-0.2, -0.15) is 0 Å². The van der Waals surface area contributed by atoms with E-state index in [9.17, 15) is 9.90 Å². The van der Waals surface area contributed by atoms with Crippen molar-refractivity contribution in [3.8, 4) is 5.75 Å². The maximum Gasteiger partial charge on any atom is 0.415 e. The molecule has 1 aromatic carbocycles. The van der Waals surface area contributed by atoms with Crippen LogP contribution < -0.4 is 10.1 Å². The Morgan fingerprint density at radius 2 is 2.05 bits per heavy atom. The molecular formula is C13H18N2O4. The van der Waals surface area contributed by atoms with Crippen molar-refractivity contribution in [2.24, 2.45) is 0 Å². The molecule has 2 rings (SSSR count). The fraction of sp³-hybridized carbons (Fsp3) is 0.462. The summed E-state index contributed by atoms with van der Waals surface area (Å²) in [4.78, 5) is 13.4. The number of hydrogen-bond acceptors (Lipinski definition) is 5. The van der Waals surface area contributed by atoms with Crippen molar-refractivity contribution in [1.29, 1.82) is 0 Å². The third kappa shape index (κ3) is 3.59. The number of aliphatic hydroxyl groups excluding tert-OH is 1. The van der Waals surface area contributed by atoms with Crippen molar-refractivity contribution < 1.29 is 19.4 Å². The number of rotatable bonds is 4. The molecule has 19 heavy (non-hydrogen) atoms. The zero-order valence-corrected chi connectivity index (χ0v) is 10.8. The molecule has 0 saturated carbocycles. The predicted octanol–water partition coefficient (Wildman–Crippen LogP) is 1.62. The van der Waals surface area contributed by atoms with Gasteiger partial charge < -0.3 is 14.6 Å². The molecular weight excluding hydrogens is 248 g/mol. The number of para-hydroxylation sites is 2. The SMILES string of the molecule is COc1ccccc1NC(=O)OC(O)N1CCCC1. The van der Waals surface area contributed by atoms with Crippen LogP contribution in [-0.4, -0.2) is 42.7 Å². The number of aliphatic hydroxyl groups is 1. The molecule has 0 spiro atoms. The van der Waals surface area contributed by atoms with Crippen molar-refractivity contribution in [3.63, 3.8) is 0 Å². The van der Waals surface area contributed by atoms with Crippen LogP contribution in [0.25, 0.3) is 0 Å². The highest BCUT2D eigenvalue weighted by molar-refractivity contribution is 5.86. The fourth-order valence-electron chi connectivity index (χ4n) is 2.02. The van der Waals surface area contributed by atoms with Crippen LogP contribution in [0.4, 0.5) is 10.5 Å². The summed E-state index contributed by atoms with van der Waals surface area (Å²) in [5, 5.41) is 12.3. The van der Waals surface area contributed by atoms with E-state index in [0.29, 0.717) is 11.4 Å². The number of methoxy groups -OCH3 is 1. The molecule has 1 aliphatic rings. The summed E-state index contributed by atoms with van der Waals surface area (Å²) in [5.74, 6) is 0.537. The van der Waals surface area contributed by atoms with Crippen LogP contribution in [0.2, 0.25) is 0 Å². The number of amides is 1. The van der Waals surface area contributed by atoms with Crippen molar-refractivity contribution in [3.05, 3.63) is 24.3 Å². The van der Waals surface area contributed by atoms with E-state index in [-0.39, 0.29) is 0 Å². The third-order valence-electron chi connectivity index (χ3n) is 3.01. The highest BCUT2D eigenvalue weighted by Gasteiger charge is 2.23. The Morgan fingerprint density at radius 3 is 2.74 bits per heavy atom. The van der Waals surface area contributed by atoms with Crippen LogP contribution in [0, 0.1) is 0 Å². The number of hydrogen-bond donors (Lipinski definition) is 2. The Bertz CT molecular complexity index is 432. The maximum atomic E-state index is 11.7. The number of nitrogens with one attached hydrogen (secondary N) is 1. The third-order valence-corrected chi connectivity index (χ3v) is 3.01. The Labute approximate surface area is 111 Å². The number of benzene rings is 1. The van der Waals surface area contributed by atoms with Gasteiger partial charge in [-0.3, -0.25) is 5.32 Å². The lowest BCUT2D eigenvalue weighted by Crippen LogP contribution is -2.37. The van der Waals surface area contributed by atoms with E-state index in [4.69, 9.17) is 9.47 Å². The molecule has 1 unspecified atom stereocenters. The monoisotopic (exact) mass is 266 g/mol. The van der Waals surface area contributed by atoms with E-state index < -0.39 is 12.5 Å². The average molecular weight is 266 g/mol. The van der Waals surface area contributed by atoms with E-state index in [1.165, 1.54) is 7.11 Å². The lowest BCUT2D eigenvalue weighted by atomic mass is 10.3. The topological polar surface area (TPSA) is 71.0 Å². The number of nitrogens with zero attached hydrogens (tertiary/aromatic N) is 1. The molecule has 1 atom stereocenters. The minimum absolute atomic E-state index is 0.503. The molecule has 0 aromatic heterocycles. The van der Waals surface area contributed by atoms with Crippen LogP contribution in [0.15, 0.2) is 24.3 Å². The number of likely N-dealkylation sites (tertiary alicyclic amines) is 1. The van der Waals surface area contributed by atoms with Gasteiger partial charge >= 0.3 is 6.09 Å². The average Bonchev–Trinajstić information content (AvgIpc) is 2.93. The van der Waals surface area contributed by atoms with Crippen LogP contribution in [0.1, 0.15) is 12.8 Å². The van der Waals surface area contributed by atoms with E-state index in [0.717, 1.165) is 25.9 Å². The summed E-state index contributed by atoms with van der Waals surface area (Å²) in [6.07, 6.45) is 0.115. The van der Waals surface area contributed by atoms with E-state index in [1.807, 2.05) is 0 Å². The molecule has 104 valence electrons. The molecule has 0 radical (unpaired) electrons. The van der Waals surface area contributed by atoms with Crippen LogP contribution >= 0.6 is 0 Å². The predicted molar refractivity (Wildman–Crippen MR) is 69.9 cm³/mol. The summed E-state index contributed by atoms with van der Waals surface area (Å²) < 4.78 is 10.0. The second kappa shape index (κ2) is 6.40. The first-order valence-electron chi connectivity index (χ1n) is 6.23. The maximum absolute atomic E-state index is 11.7. The van der Waals surface area contributed by atoms with Crippen LogP contribution in [-0.2, 0) is 4.74 Å². The highest BCUT2D eigenvalue weighted by Crippen LogP contribution is 2.23. The molecule has 6 nitrogen and oxygen atoms in total. The first kappa shape index (κ1) is 13.6. The Kier molecular flexibility index (Phi) is 4.59. The molecule has 6 heteroatoms. The first-order valence-corrected chi connectivity index (χ1v) is 6.23. The zero-order chi connectivity index (χ0) is 13.7. The molecule has 1 aromatic rings. The summed E-state index contributed by atoms with van der Waals surface area (Å²) in [6.45, 7) is 1.48. The van der Waals surface area contributed by atoms with Gasteiger partial charge in [0.2, 0.25) is 0 Å². The Morgan fingerprint density at radius 1 is 1.37 bits per heavy atom. The fourth-order valence-corrected chi connectivity index (χ4v) is 2.02. The van der Waals surface area contributed by atoms with Crippen molar-refractivity contribution in [1.82, 2.24) is 4.90 Å². The number of carbonyl (C=O) groups is 1. The minimum atomic E-state index is -1.20. The first-order chi connectivity index (χ1) is 9.20. The summed E-state index contributed by atoms with van der Waals surface area (Å²) in [6, 6.07) is 7.00. The Balaban J connectivity index is 1.89. The van der Waals surface area contributed by atoms with E-state index in [1.54, 1.807) is 29.2 Å². The van der Waals surface area contributed by atoms with Gasteiger partial charge in [-0.25, -0.2) is 9.69 Å². The normalized spacial score (nSPS) is 16.9. The second-order valence-electron chi connectivity index (χ2n) is 4.30. The molecule has 1 heterocycles. The summed E-state index contributed by atoms with van der Waals surface area (Å²) in [7, 11) is 1.52. The minimum Gasteiger partial charge on any atom is -0.495 e. The van der Waals surface area contributed by atoms with Crippen molar-refractivity contribution in [2.45, 2.75) is 19.3 Å². The van der Waals surface area contributed by atoms with Gasteiger partial charge in [-0.15, -0.1) is 0 Å². The van der Waals surface area contributed by atoms with Gasteiger partial charge in [0.1, 0.15) is 5.75 Å². The van der Waals surface area contributed by atoms with E-state index in [2.05, 4.69) is 5.32 Å². The highest BCUT2D eigenvalue weighted by atomic mass is 16.7. The zero-order valence-electron chi connectivity index (χ0n) is 10.8. The quantitative estimate of drug-likeness (QED) is 0.810. The second-order valence-corrected chi connectivity index (χ2v) is 4.30. The van der Waals surface area contributed by atoms with Gasteiger partial charge in [-0.05, 0) is 25.0 Å². The summed E-state index contributed by atoms with van der Waals surface area (Å²) in [5.41, 5.74) is 0.503. The van der Waals surface area contributed by atoms with Crippen LogP contribution in [0.5, 0.6) is 5.75 Å². The van der Waals surface area contributed by atoms with Gasteiger partial charge in [0, 0.05) is 13.1 Å². The van der Waals surface area contributed by atoms with Crippen molar-refractivity contribution >= 4 is 11.8 Å². The molecule has 1 saturated heterocycles. The molecule has 0 aliphatic carbocycles. The standard InChI is InChI=1S/C13H18N2O4/c1-18-11-7-3-2-6-10(11)14-12(16)19-13(17)15-8-4-5-9-15/h2-3,6-7,13,17H,4-5,8-9H2,1H3,(H,14,16). The summed E-state index contributed by atoms with van der Waals surface area (Å²) >= 11 is 0. The van der Waals surface area contributed by atoms with Gasteiger partial charge in [-0.1, -0.05) is 12.1 Å². The van der Waals surface area contributed by atoms with Gasteiger partial charge in [0.05, 0.1) is 12.8 Å². The van der Waals surface area contributed by atoms with Crippen LogP contribution in [0.3, 0.4) is 0 Å². The number of anilines is 1. The van der Waals surface area contributed by atoms with Gasteiger partial charge in [0.15, 0.2) is 0 Å². The lowest BCUT2D eigenvalue weighted by Gasteiger charge is -2.22.